The maximum absolute atomic E-state index is 4.04. The van der Waals surface area contributed by atoms with Crippen LogP contribution in [0.5, 0.6) is 0 Å². The molecule has 0 spiro atoms. The highest BCUT2D eigenvalue weighted by Gasteiger charge is 2.57. The standard InChI is InChI=1S/C12H18Br2/c1-8(13)11-3-9-2-10(4-11)6-12(14,5-9)7-11/h8-10H,2-7H2,1H3/t8-,9-,10-,11?,12?/m0/s1. The molecule has 0 saturated heterocycles. The topological polar surface area (TPSA) is 0 Å². The van der Waals surface area contributed by atoms with Gasteiger partial charge in [0.1, 0.15) is 0 Å². The molecule has 2 heteroatoms. The molecule has 0 N–H and O–H groups in total. The monoisotopic (exact) mass is 320 g/mol. The van der Waals surface area contributed by atoms with E-state index in [1.54, 1.807) is 0 Å². The van der Waals surface area contributed by atoms with Crippen molar-refractivity contribution in [2.75, 3.05) is 0 Å². The van der Waals surface area contributed by atoms with Crippen molar-refractivity contribution in [3.05, 3.63) is 0 Å². The smallest absolute Gasteiger partial charge is 0.0269 e. The van der Waals surface area contributed by atoms with Crippen molar-refractivity contribution in [1.29, 1.82) is 0 Å². The highest BCUT2D eigenvalue weighted by Crippen LogP contribution is 2.66. The minimum Gasteiger partial charge on any atom is -0.0888 e. The molecule has 0 aromatic rings. The van der Waals surface area contributed by atoms with E-state index in [0.29, 0.717) is 14.6 Å². The van der Waals surface area contributed by atoms with Crippen molar-refractivity contribution in [2.45, 2.75) is 54.6 Å². The predicted octanol–water partition coefficient (Wildman–Crippen LogP) is 4.50. The van der Waals surface area contributed by atoms with Gasteiger partial charge in [-0.25, -0.2) is 0 Å². The molecule has 4 fully saturated rings. The van der Waals surface area contributed by atoms with Crippen molar-refractivity contribution < 1.29 is 0 Å². The minimum absolute atomic E-state index is 0.527. The van der Waals surface area contributed by atoms with Crippen molar-refractivity contribution >= 4 is 31.9 Å². The highest BCUT2D eigenvalue weighted by molar-refractivity contribution is 9.10. The Hall–Kier alpha value is 0.960. The van der Waals surface area contributed by atoms with Crippen molar-refractivity contribution in [3.8, 4) is 0 Å². The lowest BCUT2D eigenvalue weighted by molar-refractivity contribution is -0.0322. The molecule has 0 aromatic heterocycles. The van der Waals surface area contributed by atoms with E-state index >= 15 is 0 Å². The quantitative estimate of drug-likeness (QED) is 0.624. The molecule has 4 aliphatic rings. The number of halogens is 2. The fourth-order valence-corrected chi connectivity index (χ4v) is 6.70. The third-order valence-corrected chi connectivity index (χ3v) is 6.78. The third kappa shape index (κ3) is 1.36. The summed E-state index contributed by atoms with van der Waals surface area (Å²) in [5.41, 5.74) is 0.633. The van der Waals surface area contributed by atoms with Crippen LogP contribution in [0.25, 0.3) is 0 Å². The zero-order chi connectivity index (χ0) is 9.97. The molecule has 0 aliphatic heterocycles. The van der Waals surface area contributed by atoms with Crippen LogP contribution in [-0.4, -0.2) is 9.15 Å². The van der Waals surface area contributed by atoms with Gasteiger partial charge in [-0.15, -0.1) is 0 Å². The summed E-state index contributed by atoms with van der Waals surface area (Å²) >= 11 is 7.91. The van der Waals surface area contributed by atoms with E-state index in [9.17, 15) is 0 Å². The summed E-state index contributed by atoms with van der Waals surface area (Å²) in [6.07, 6.45) is 8.82. The van der Waals surface area contributed by atoms with E-state index in [4.69, 9.17) is 0 Å². The molecule has 80 valence electrons. The summed E-state index contributed by atoms with van der Waals surface area (Å²) < 4.78 is 0.527. The lowest BCUT2D eigenvalue weighted by atomic mass is 9.49. The first-order chi connectivity index (χ1) is 6.51. The lowest BCUT2D eigenvalue weighted by Gasteiger charge is -2.61. The normalized spacial score (nSPS) is 57.6. The van der Waals surface area contributed by atoms with Crippen LogP contribution in [0, 0.1) is 17.3 Å². The van der Waals surface area contributed by atoms with Crippen molar-refractivity contribution in [1.82, 2.24) is 0 Å². The molecule has 4 aliphatic carbocycles. The second kappa shape index (κ2) is 3.00. The molecule has 4 bridgehead atoms. The van der Waals surface area contributed by atoms with Crippen molar-refractivity contribution in [3.63, 3.8) is 0 Å². The Bertz CT molecular complexity index is 245. The number of rotatable bonds is 1. The Morgan fingerprint density at radius 3 is 2.14 bits per heavy atom. The van der Waals surface area contributed by atoms with Gasteiger partial charge in [0.25, 0.3) is 0 Å². The molecule has 4 saturated carbocycles. The van der Waals surface area contributed by atoms with Crippen LogP contribution < -0.4 is 0 Å². The maximum atomic E-state index is 4.04. The second-order valence-corrected chi connectivity index (χ2v) is 9.15. The summed E-state index contributed by atoms with van der Waals surface area (Å²) in [5.74, 6) is 2.05. The van der Waals surface area contributed by atoms with E-state index in [1.165, 1.54) is 38.5 Å². The Labute approximate surface area is 103 Å². The van der Waals surface area contributed by atoms with Gasteiger partial charge in [-0.05, 0) is 55.8 Å². The van der Waals surface area contributed by atoms with Gasteiger partial charge in [-0.3, -0.25) is 0 Å². The van der Waals surface area contributed by atoms with Crippen LogP contribution in [0.15, 0.2) is 0 Å². The van der Waals surface area contributed by atoms with Gasteiger partial charge in [0.2, 0.25) is 0 Å². The Morgan fingerprint density at radius 1 is 1.14 bits per heavy atom. The Morgan fingerprint density at radius 2 is 1.71 bits per heavy atom. The summed E-state index contributed by atoms with van der Waals surface area (Å²) in [5, 5.41) is 0. The fraction of sp³-hybridized carbons (Fsp3) is 1.00. The van der Waals surface area contributed by atoms with Gasteiger partial charge in [-0.1, -0.05) is 38.8 Å². The van der Waals surface area contributed by atoms with E-state index in [2.05, 4.69) is 38.8 Å². The number of hydrogen-bond donors (Lipinski definition) is 0. The largest absolute Gasteiger partial charge is 0.0888 e. The zero-order valence-electron chi connectivity index (χ0n) is 8.73. The zero-order valence-corrected chi connectivity index (χ0v) is 11.9. The van der Waals surface area contributed by atoms with Crippen LogP contribution in [0.1, 0.15) is 45.4 Å². The fourth-order valence-electron chi connectivity index (χ4n) is 4.69. The molecule has 14 heavy (non-hydrogen) atoms. The number of hydrogen-bond acceptors (Lipinski definition) is 0. The molecule has 0 unspecified atom stereocenters. The molecule has 0 nitrogen and oxygen atoms in total. The summed E-state index contributed by atoms with van der Waals surface area (Å²) in [6, 6.07) is 0. The average Bonchev–Trinajstić information content (AvgIpc) is 1.98. The van der Waals surface area contributed by atoms with Gasteiger partial charge in [0.15, 0.2) is 0 Å². The second-order valence-electron chi connectivity index (χ2n) is 6.09. The third-order valence-electron chi connectivity index (χ3n) is 4.88. The predicted molar refractivity (Wildman–Crippen MR) is 67.2 cm³/mol. The minimum atomic E-state index is 0.527. The van der Waals surface area contributed by atoms with Gasteiger partial charge < -0.3 is 0 Å². The first-order valence-corrected chi connectivity index (χ1v) is 7.55. The van der Waals surface area contributed by atoms with E-state index in [-0.39, 0.29) is 0 Å². The highest BCUT2D eigenvalue weighted by atomic mass is 79.9. The molecule has 0 radical (unpaired) electrons. The number of alkyl halides is 2. The van der Waals surface area contributed by atoms with E-state index in [1.807, 2.05) is 0 Å². The van der Waals surface area contributed by atoms with Crippen LogP contribution in [-0.2, 0) is 0 Å². The molecular weight excluding hydrogens is 304 g/mol. The van der Waals surface area contributed by atoms with Crippen LogP contribution >= 0.6 is 31.9 Å². The van der Waals surface area contributed by atoms with E-state index in [0.717, 1.165) is 11.8 Å². The summed E-state index contributed by atoms with van der Waals surface area (Å²) in [6.45, 7) is 2.36. The Kier molecular flexibility index (Phi) is 2.17. The molecular formula is C12H18Br2. The van der Waals surface area contributed by atoms with Gasteiger partial charge in [-0.2, -0.15) is 0 Å². The van der Waals surface area contributed by atoms with Crippen LogP contribution in [0.4, 0.5) is 0 Å². The molecule has 0 heterocycles. The van der Waals surface area contributed by atoms with Crippen LogP contribution in [0.2, 0.25) is 0 Å². The first kappa shape index (κ1) is 10.1. The Balaban J connectivity index is 1.96. The molecule has 0 aromatic carbocycles. The SMILES string of the molecule is C[C@H](Br)C12C[C@@H]3C[C@H](CC(Br)(C3)C1)C2. The van der Waals surface area contributed by atoms with Crippen LogP contribution in [0.3, 0.4) is 0 Å². The van der Waals surface area contributed by atoms with E-state index < -0.39 is 0 Å². The molecule has 4 rings (SSSR count). The van der Waals surface area contributed by atoms with Crippen molar-refractivity contribution in [2.24, 2.45) is 17.3 Å². The van der Waals surface area contributed by atoms with Gasteiger partial charge >= 0.3 is 0 Å². The van der Waals surface area contributed by atoms with Gasteiger partial charge in [0, 0.05) is 9.15 Å². The maximum Gasteiger partial charge on any atom is 0.0269 e. The van der Waals surface area contributed by atoms with Gasteiger partial charge in [0.05, 0.1) is 0 Å². The average molecular weight is 322 g/mol. The lowest BCUT2D eigenvalue weighted by Crippen LogP contribution is -2.55. The molecule has 0 amide bonds. The summed E-state index contributed by atoms with van der Waals surface area (Å²) in [7, 11) is 0. The first-order valence-electron chi connectivity index (χ1n) is 5.84. The summed E-state index contributed by atoms with van der Waals surface area (Å²) in [4.78, 5) is 0.706. The molecule has 3 atom stereocenters.